The monoisotopic (exact) mass is 224 g/mol. The van der Waals surface area contributed by atoms with Crippen LogP contribution >= 0.6 is 11.8 Å². The molecule has 0 aromatic heterocycles. The van der Waals surface area contributed by atoms with Gasteiger partial charge in [-0.1, -0.05) is 56.9 Å². The molecule has 1 rings (SSSR count). The maximum atomic E-state index is 2.45. The molecule has 0 saturated carbocycles. The first-order valence-electron chi connectivity index (χ1n) is 5.22. The van der Waals surface area contributed by atoms with E-state index in [1.54, 1.807) is 0 Å². The zero-order chi connectivity index (χ0) is 10.6. The number of hydrogen-bond acceptors (Lipinski definition) is 1. The van der Waals surface area contributed by atoms with Crippen molar-refractivity contribution in [3.63, 3.8) is 0 Å². The Balaban J connectivity index is 2.89. The van der Waals surface area contributed by atoms with Crippen molar-refractivity contribution >= 4 is 19.8 Å². The molecular formula is C12H20SSi. The van der Waals surface area contributed by atoms with Gasteiger partial charge >= 0.3 is 0 Å². The van der Waals surface area contributed by atoms with Gasteiger partial charge in [0, 0.05) is 4.87 Å². The largest absolute Gasteiger partial charge is 0.157 e. The molecule has 0 bridgehead atoms. The van der Waals surface area contributed by atoms with Gasteiger partial charge < -0.3 is 0 Å². The van der Waals surface area contributed by atoms with Crippen molar-refractivity contribution in [2.24, 2.45) is 0 Å². The Morgan fingerprint density at radius 1 is 1.14 bits per heavy atom. The molecule has 1 atom stereocenters. The number of thioether (sulfide) groups is 1. The molecule has 0 fully saturated rings. The SMILES string of the molecule is CCS[C@H](c1ccccc1)[Si](C)(C)C. The Kier molecular flexibility index (Phi) is 4.26. The Morgan fingerprint density at radius 3 is 2.14 bits per heavy atom. The predicted octanol–water partition coefficient (Wildman–Crippen LogP) is 4.36. The average Bonchev–Trinajstić information content (AvgIpc) is 2.14. The van der Waals surface area contributed by atoms with Gasteiger partial charge in [0.05, 0.1) is 8.07 Å². The van der Waals surface area contributed by atoms with Gasteiger partial charge in [-0.25, -0.2) is 0 Å². The van der Waals surface area contributed by atoms with Crippen LogP contribution in [0.3, 0.4) is 0 Å². The number of hydrogen-bond donors (Lipinski definition) is 0. The van der Waals surface area contributed by atoms with Crippen molar-refractivity contribution in [2.75, 3.05) is 5.75 Å². The lowest BCUT2D eigenvalue weighted by molar-refractivity contribution is 1.26. The molecule has 0 aliphatic heterocycles. The second-order valence-corrected chi connectivity index (χ2v) is 11.7. The van der Waals surface area contributed by atoms with Gasteiger partial charge in [0.25, 0.3) is 0 Å². The lowest BCUT2D eigenvalue weighted by Crippen LogP contribution is -2.28. The van der Waals surface area contributed by atoms with Crippen molar-refractivity contribution in [1.82, 2.24) is 0 Å². The molecule has 2 heteroatoms. The molecule has 14 heavy (non-hydrogen) atoms. The highest BCUT2D eigenvalue weighted by Gasteiger charge is 2.27. The van der Waals surface area contributed by atoms with E-state index < -0.39 is 8.07 Å². The Labute approximate surface area is 93.1 Å². The summed E-state index contributed by atoms with van der Waals surface area (Å²) in [7, 11) is -1.09. The van der Waals surface area contributed by atoms with Crippen LogP contribution < -0.4 is 0 Å². The summed E-state index contributed by atoms with van der Waals surface area (Å²) in [4.78, 5) is 0.744. The number of benzene rings is 1. The van der Waals surface area contributed by atoms with Gasteiger partial charge in [0.15, 0.2) is 0 Å². The van der Waals surface area contributed by atoms with Crippen LogP contribution in [0.1, 0.15) is 17.4 Å². The third-order valence-electron chi connectivity index (χ3n) is 2.22. The molecule has 0 unspecified atom stereocenters. The molecule has 0 nitrogen and oxygen atoms in total. The summed E-state index contributed by atoms with van der Waals surface area (Å²) in [5.41, 5.74) is 1.51. The van der Waals surface area contributed by atoms with E-state index in [0.717, 1.165) is 4.87 Å². The summed E-state index contributed by atoms with van der Waals surface area (Å²) in [6, 6.07) is 10.9. The van der Waals surface area contributed by atoms with Crippen molar-refractivity contribution in [2.45, 2.75) is 31.4 Å². The third-order valence-corrected chi connectivity index (χ3v) is 7.69. The topological polar surface area (TPSA) is 0 Å². The van der Waals surface area contributed by atoms with Crippen molar-refractivity contribution < 1.29 is 0 Å². The Hall–Kier alpha value is -0.213. The van der Waals surface area contributed by atoms with Crippen LogP contribution in [0.5, 0.6) is 0 Å². The molecule has 1 aromatic rings. The van der Waals surface area contributed by atoms with Crippen LogP contribution in [0.15, 0.2) is 30.3 Å². The Bertz CT molecular complexity index is 263. The first-order valence-corrected chi connectivity index (χ1v) is 9.85. The first-order chi connectivity index (χ1) is 6.55. The van der Waals surface area contributed by atoms with E-state index in [-0.39, 0.29) is 0 Å². The molecule has 78 valence electrons. The first kappa shape index (κ1) is 11.9. The Morgan fingerprint density at radius 2 is 1.71 bits per heavy atom. The quantitative estimate of drug-likeness (QED) is 0.685. The normalized spacial score (nSPS) is 14.0. The van der Waals surface area contributed by atoms with Crippen LogP contribution in [-0.4, -0.2) is 13.8 Å². The van der Waals surface area contributed by atoms with Crippen LogP contribution in [0.25, 0.3) is 0 Å². The van der Waals surface area contributed by atoms with Crippen LogP contribution in [0.4, 0.5) is 0 Å². The van der Waals surface area contributed by atoms with Crippen molar-refractivity contribution in [1.29, 1.82) is 0 Å². The van der Waals surface area contributed by atoms with E-state index in [4.69, 9.17) is 0 Å². The van der Waals surface area contributed by atoms with Crippen LogP contribution in [0, 0.1) is 0 Å². The molecule has 0 N–H and O–H groups in total. The van der Waals surface area contributed by atoms with Gasteiger partial charge in [-0.3, -0.25) is 0 Å². The summed E-state index contributed by atoms with van der Waals surface area (Å²) in [5, 5.41) is 0. The molecule has 0 radical (unpaired) electrons. The van der Waals surface area contributed by atoms with Gasteiger partial charge in [0.2, 0.25) is 0 Å². The molecule has 0 amide bonds. The van der Waals surface area contributed by atoms with E-state index >= 15 is 0 Å². The minimum Gasteiger partial charge on any atom is -0.157 e. The van der Waals surface area contributed by atoms with E-state index in [9.17, 15) is 0 Å². The highest BCUT2D eigenvalue weighted by atomic mass is 32.2. The van der Waals surface area contributed by atoms with E-state index in [2.05, 4.69) is 68.7 Å². The van der Waals surface area contributed by atoms with E-state index in [1.807, 2.05) is 0 Å². The van der Waals surface area contributed by atoms with Gasteiger partial charge in [-0.15, -0.1) is 0 Å². The second-order valence-electron chi connectivity index (χ2n) is 4.61. The summed E-state index contributed by atoms with van der Waals surface area (Å²) in [6.07, 6.45) is 0. The predicted molar refractivity (Wildman–Crippen MR) is 70.7 cm³/mol. The highest BCUT2D eigenvalue weighted by Crippen LogP contribution is 2.36. The highest BCUT2D eigenvalue weighted by molar-refractivity contribution is 8.01. The molecule has 0 aliphatic rings. The molecular weight excluding hydrogens is 204 g/mol. The van der Waals surface area contributed by atoms with E-state index in [0.29, 0.717) is 0 Å². The fourth-order valence-corrected chi connectivity index (χ4v) is 6.02. The second kappa shape index (κ2) is 5.03. The van der Waals surface area contributed by atoms with Gasteiger partial charge in [-0.05, 0) is 11.3 Å². The fourth-order valence-electron chi connectivity index (χ4n) is 1.64. The van der Waals surface area contributed by atoms with Gasteiger partial charge in [-0.2, -0.15) is 11.8 Å². The third kappa shape index (κ3) is 3.17. The zero-order valence-electron chi connectivity index (χ0n) is 9.58. The maximum Gasteiger partial charge on any atom is 0.0643 e. The molecule has 0 saturated heterocycles. The minimum absolute atomic E-state index is 0.744. The van der Waals surface area contributed by atoms with Crippen LogP contribution in [-0.2, 0) is 0 Å². The molecule has 1 aromatic carbocycles. The lowest BCUT2D eigenvalue weighted by Gasteiger charge is -2.28. The minimum atomic E-state index is -1.09. The zero-order valence-corrected chi connectivity index (χ0v) is 11.4. The number of rotatable bonds is 4. The molecule has 0 spiro atoms. The lowest BCUT2D eigenvalue weighted by atomic mass is 10.2. The maximum absolute atomic E-state index is 2.45. The summed E-state index contributed by atoms with van der Waals surface area (Å²) in [6.45, 7) is 9.61. The summed E-state index contributed by atoms with van der Waals surface area (Å²) >= 11 is 2.10. The standard InChI is InChI=1S/C12H20SSi/c1-5-13-12(14(2,3)4)11-9-7-6-8-10-11/h6-10,12H,5H2,1-4H3/t12-/m0/s1. The summed E-state index contributed by atoms with van der Waals surface area (Å²) in [5.74, 6) is 1.21. The van der Waals surface area contributed by atoms with E-state index in [1.165, 1.54) is 11.3 Å². The smallest absolute Gasteiger partial charge is 0.0643 e. The van der Waals surface area contributed by atoms with Gasteiger partial charge in [0.1, 0.15) is 0 Å². The average molecular weight is 224 g/mol. The molecule has 0 heterocycles. The summed E-state index contributed by atoms with van der Waals surface area (Å²) < 4.78 is 0. The van der Waals surface area contributed by atoms with Crippen molar-refractivity contribution in [3.8, 4) is 0 Å². The van der Waals surface area contributed by atoms with Crippen molar-refractivity contribution in [3.05, 3.63) is 35.9 Å². The fraction of sp³-hybridized carbons (Fsp3) is 0.500. The van der Waals surface area contributed by atoms with Crippen LogP contribution in [0.2, 0.25) is 19.6 Å². The molecule has 0 aliphatic carbocycles.